The van der Waals surface area contributed by atoms with Gasteiger partial charge in [-0.1, -0.05) is 42.5 Å². The van der Waals surface area contributed by atoms with Crippen molar-refractivity contribution in [1.82, 2.24) is 14.8 Å². The Morgan fingerprint density at radius 1 is 0.975 bits per heavy atom. The number of hydrogen-bond acceptors (Lipinski definition) is 7. The first-order valence-corrected chi connectivity index (χ1v) is 12.5. The largest absolute Gasteiger partial charge is 0.493 e. The molecule has 0 aliphatic heterocycles. The van der Waals surface area contributed by atoms with Crippen molar-refractivity contribution in [3.8, 4) is 34.5 Å². The van der Waals surface area contributed by atoms with E-state index in [4.69, 9.17) is 23.7 Å². The van der Waals surface area contributed by atoms with Crippen LogP contribution in [0.4, 0.5) is 0 Å². The van der Waals surface area contributed by atoms with E-state index < -0.39 is 5.97 Å². The van der Waals surface area contributed by atoms with E-state index in [0.29, 0.717) is 40.3 Å². The lowest BCUT2D eigenvalue weighted by Gasteiger charge is -2.12. The van der Waals surface area contributed by atoms with Crippen molar-refractivity contribution in [3.63, 3.8) is 0 Å². The average molecular weight is 538 g/mol. The Kier molecular flexibility index (Phi) is 7.92. The minimum absolute atomic E-state index is 0.180. The molecule has 40 heavy (non-hydrogen) atoms. The number of carbonyl (C=O) groups is 1. The van der Waals surface area contributed by atoms with E-state index in [0.717, 1.165) is 22.9 Å². The predicted octanol–water partition coefficient (Wildman–Crippen LogP) is 6.10. The second-order valence-electron chi connectivity index (χ2n) is 8.79. The Morgan fingerprint density at radius 3 is 2.45 bits per heavy atom. The molecule has 0 bridgehead atoms. The zero-order valence-electron chi connectivity index (χ0n) is 22.0. The molecule has 0 amide bonds. The van der Waals surface area contributed by atoms with E-state index in [1.807, 2.05) is 79.7 Å². The van der Waals surface area contributed by atoms with Crippen molar-refractivity contribution < 1.29 is 28.5 Å². The minimum Gasteiger partial charge on any atom is -0.493 e. The Balaban J connectivity index is 1.29. The highest BCUT2D eigenvalue weighted by Crippen LogP contribution is 2.31. The summed E-state index contributed by atoms with van der Waals surface area (Å²) in [5, 5.41) is 13.6. The SMILES string of the molecule is COc1cc(COc2nn(-c3ccccc3)cc2C=CC(=O)O)ccc1OCc1nc(-c2ccccc2)oc1C. The van der Waals surface area contributed by atoms with E-state index in [1.54, 1.807) is 24.1 Å². The number of ether oxygens (including phenoxy) is 3. The molecule has 5 aromatic rings. The summed E-state index contributed by atoms with van der Waals surface area (Å²) in [4.78, 5) is 15.7. The van der Waals surface area contributed by atoms with Gasteiger partial charge < -0.3 is 23.7 Å². The number of aliphatic carboxylic acids is 1. The fraction of sp³-hybridized carbons (Fsp3) is 0.129. The van der Waals surface area contributed by atoms with Crippen LogP contribution in [0.25, 0.3) is 23.2 Å². The lowest BCUT2D eigenvalue weighted by Crippen LogP contribution is -2.02. The maximum Gasteiger partial charge on any atom is 0.328 e. The zero-order chi connectivity index (χ0) is 27.9. The molecule has 0 aliphatic carbocycles. The first-order valence-electron chi connectivity index (χ1n) is 12.5. The van der Waals surface area contributed by atoms with Crippen LogP contribution in [0.3, 0.4) is 0 Å². The molecule has 3 aromatic carbocycles. The number of aromatic nitrogens is 3. The molecule has 0 saturated heterocycles. The van der Waals surface area contributed by atoms with E-state index >= 15 is 0 Å². The number of rotatable bonds is 11. The Hall–Kier alpha value is -5.31. The summed E-state index contributed by atoms with van der Waals surface area (Å²) in [5.41, 5.74) is 3.77. The van der Waals surface area contributed by atoms with Gasteiger partial charge in [-0.15, -0.1) is 5.10 Å². The molecule has 0 radical (unpaired) electrons. The third-order valence-electron chi connectivity index (χ3n) is 6.01. The first-order chi connectivity index (χ1) is 19.5. The predicted molar refractivity (Wildman–Crippen MR) is 149 cm³/mol. The summed E-state index contributed by atoms with van der Waals surface area (Å²) in [7, 11) is 1.57. The molecule has 2 aromatic heterocycles. The first kappa shape index (κ1) is 26.3. The maximum atomic E-state index is 11.1. The number of oxazole rings is 1. The fourth-order valence-electron chi connectivity index (χ4n) is 3.96. The molecular weight excluding hydrogens is 510 g/mol. The molecule has 0 saturated carbocycles. The number of para-hydroxylation sites is 1. The fourth-order valence-corrected chi connectivity index (χ4v) is 3.96. The van der Waals surface area contributed by atoms with Crippen LogP contribution in [0.1, 0.15) is 22.6 Å². The number of aryl methyl sites for hydroxylation is 1. The molecule has 0 spiro atoms. The second kappa shape index (κ2) is 12.0. The number of benzene rings is 3. The lowest BCUT2D eigenvalue weighted by molar-refractivity contribution is -0.131. The van der Waals surface area contributed by atoms with Gasteiger partial charge in [0.25, 0.3) is 0 Å². The topological polar surface area (TPSA) is 109 Å². The summed E-state index contributed by atoms with van der Waals surface area (Å²) in [6.45, 7) is 2.25. The molecule has 9 nitrogen and oxygen atoms in total. The van der Waals surface area contributed by atoms with Gasteiger partial charge >= 0.3 is 5.97 Å². The van der Waals surface area contributed by atoms with Gasteiger partial charge in [-0.25, -0.2) is 14.5 Å². The van der Waals surface area contributed by atoms with Crippen LogP contribution in [0.2, 0.25) is 0 Å². The molecule has 0 fully saturated rings. The van der Waals surface area contributed by atoms with E-state index in [-0.39, 0.29) is 13.2 Å². The van der Waals surface area contributed by atoms with Gasteiger partial charge in [-0.2, -0.15) is 0 Å². The summed E-state index contributed by atoms with van der Waals surface area (Å²) >= 11 is 0. The highest BCUT2D eigenvalue weighted by molar-refractivity contribution is 5.85. The van der Waals surface area contributed by atoms with Crippen molar-refractivity contribution in [2.24, 2.45) is 0 Å². The normalized spacial score (nSPS) is 11.1. The summed E-state index contributed by atoms with van der Waals surface area (Å²) in [6, 6.07) is 24.7. The third-order valence-corrected chi connectivity index (χ3v) is 6.01. The van der Waals surface area contributed by atoms with Crippen molar-refractivity contribution in [2.45, 2.75) is 20.1 Å². The van der Waals surface area contributed by atoms with Crippen LogP contribution in [0, 0.1) is 6.92 Å². The van der Waals surface area contributed by atoms with Crippen molar-refractivity contribution in [1.29, 1.82) is 0 Å². The molecule has 0 aliphatic rings. The van der Waals surface area contributed by atoms with Gasteiger partial charge in [0.05, 0.1) is 18.4 Å². The number of nitrogens with zero attached hydrogens (tertiary/aromatic N) is 3. The molecule has 1 N–H and O–H groups in total. The highest BCUT2D eigenvalue weighted by atomic mass is 16.5. The standard InChI is InChI=1S/C31H27N3O6/c1-21-26(32-30(40-21)23-9-5-3-6-10-23)20-38-27-15-13-22(17-28(27)37-2)19-39-31-24(14-16-29(35)36)18-34(33-31)25-11-7-4-8-12-25/h3-18H,19-20H2,1-2H3,(H,35,36). The number of carboxylic acids is 1. The van der Waals surface area contributed by atoms with Crippen molar-refractivity contribution in [2.75, 3.05) is 7.11 Å². The number of methoxy groups -OCH3 is 1. The smallest absolute Gasteiger partial charge is 0.328 e. The highest BCUT2D eigenvalue weighted by Gasteiger charge is 2.15. The Labute approximate surface area is 230 Å². The lowest BCUT2D eigenvalue weighted by atomic mass is 10.2. The van der Waals surface area contributed by atoms with Crippen LogP contribution < -0.4 is 14.2 Å². The van der Waals surface area contributed by atoms with Crippen LogP contribution in [0.15, 0.2) is 95.6 Å². The van der Waals surface area contributed by atoms with Crippen LogP contribution >= 0.6 is 0 Å². The summed E-state index contributed by atoms with van der Waals surface area (Å²) in [5.74, 6) is 1.56. The van der Waals surface area contributed by atoms with Crippen LogP contribution in [-0.4, -0.2) is 33.0 Å². The van der Waals surface area contributed by atoms with Crippen LogP contribution in [-0.2, 0) is 18.0 Å². The second-order valence-corrected chi connectivity index (χ2v) is 8.79. The minimum atomic E-state index is -1.06. The Bertz CT molecular complexity index is 1620. The van der Waals surface area contributed by atoms with Gasteiger partial charge in [-0.3, -0.25) is 0 Å². The van der Waals surface area contributed by atoms with Gasteiger partial charge in [0.2, 0.25) is 11.8 Å². The molecule has 0 atom stereocenters. The van der Waals surface area contributed by atoms with E-state index in [9.17, 15) is 4.79 Å². The third kappa shape index (κ3) is 6.21. The molecule has 0 unspecified atom stereocenters. The maximum absolute atomic E-state index is 11.1. The van der Waals surface area contributed by atoms with Gasteiger partial charge in [0, 0.05) is 17.8 Å². The molecular formula is C31H27N3O6. The number of hydrogen-bond donors (Lipinski definition) is 1. The van der Waals surface area contributed by atoms with Gasteiger partial charge in [0.15, 0.2) is 11.5 Å². The molecule has 202 valence electrons. The average Bonchev–Trinajstić information content (AvgIpc) is 3.58. The van der Waals surface area contributed by atoms with E-state index in [1.165, 1.54) is 6.08 Å². The number of carboxylic acid groups (broad SMARTS) is 1. The van der Waals surface area contributed by atoms with Crippen molar-refractivity contribution in [3.05, 3.63) is 114 Å². The Morgan fingerprint density at radius 2 is 1.73 bits per heavy atom. The molecule has 5 rings (SSSR count). The summed E-state index contributed by atoms with van der Waals surface area (Å²) in [6.07, 6.45) is 4.22. The zero-order valence-corrected chi connectivity index (χ0v) is 22.0. The van der Waals surface area contributed by atoms with E-state index in [2.05, 4.69) is 10.1 Å². The quantitative estimate of drug-likeness (QED) is 0.201. The molecule has 9 heteroatoms. The van der Waals surface area contributed by atoms with Crippen LogP contribution in [0.5, 0.6) is 17.4 Å². The summed E-state index contributed by atoms with van der Waals surface area (Å²) < 4.78 is 25.0. The van der Waals surface area contributed by atoms with Gasteiger partial charge in [0.1, 0.15) is 24.7 Å². The van der Waals surface area contributed by atoms with Crippen molar-refractivity contribution >= 4 is 12.0 Å². The molecule has 2 heterocycles. The van der Waals surface area contributed by atoms with Gasteiger partial charge in [-0.05, 0) is 55.0 Å². The monoisotopic (exact) mass is 537 g/mol.